The third kappa shape index (κ3) is 2.51. The number of carboxylic acid groups (broad SMARTS) is 1. The molecular weight excluding hydrogens is 308 g/mol. The first-order valence-corrected chi connectivity index (χ1v) is 6.76. The second-order valence-corrected chi connectivity index (χ2v) is 5.51. The molecule has 3 rings (SSSR count). The second-order valence-electron chi connectivity index (χ2n) is 4.59. The summed E-state index contributed by atoms with van der Waals surface area (Å²) in [5.41, 5.74) is 1.83. The van der Waals surface area contributed by atoms with Gasteiger partial charge >= 0.3 is 5.97 Å². The molecule has 0 aliphatic heterocycles. The van der Waals surface area contributed by atoms with E-state index in [9.17, 15) is 4.79 Å². The van der Waals surface area contributed by atoms with Crippen molar-refractivity contribution in [1.82, 2.24) is 9.97 Å². The van der Waals surface area contributed by atoms with Gasteiger partial charge in [0, 0.05) is 22.2 Å². The lowest BCUT2D eigenvalue weighted by molar-refractivity contribution is -0.138. The Morgan fingerprint density at radius 3 is 2.63 bits per heavy atom. The van der Waals surface area contributed by atoms with E-state index in [1.807, 2.05) is 30.3 Å². The van der Waals surface area contributed by atoms with Crippen molar-refractivity contribution in [2.45, 2.75) is 12.3 Å². The van der Waals surface area contributed by atoms with Crippen molar-refractivity contribution in [2.24, 2.45) is 5.92 Å². The molecule has 0 amide bonds. The van der Waals surface area contributed by atoms with E-state index in [0.29, 0.717) is 12.2 Å². The molecule has 2 atom stereocenters. The molecular formula is C14H11BrN2O2. The molecule has 1 aromatic carbocycles. The molecule has 4 nitrogen and oxygen atoms in total. The summed E-state index contributed by atoms with van der Waals surface area (Å²) in [5.74, 6) is -0.483. The first-order chi connectivity index (χ1) is 9.15. The smallest absolute Gasteiger partial charge is 0.307 e. The van der Waals surface area contributed by atoms with Crippen LogP contribution in [0.2, 0.25) is 0 Å². The Morgan fingerprint density at radius 1 is 1.26 bits per heavy atom. The van der Waals surface area contributed by atoms with Crippen LogP contribution in [0.4, 0.5) is 0 Å². The SMILES string of the molecule is O=C(O)C1CC1c1nccc(-c2ccc(Br)cc2)n1. The van der Waals surface area contributed by atoms with Crippen LogP contribution in [-0.2, 0) is 4.79 Å². The summed E-state index contributed by atoms with van der Waals surface area (Å²) in [6, 6.07) is 9.68. The number of aliphatic carboxylic acids is 1. The van der Waals surface area contributed by atoms with E-state index in [1.165, 1.54) is 0 Å². The third-order valence-electron chi connectivity index (χ3n) is 3.25. The van der Waals surface area contributed by atoms with Gasteiger partial charge in [-0.3, -0.25) is 4.79 Å². The molecule has 19 heavy (non-hydrogen) atoms. The number of rotatable bonds is 3. The van der Waals surface area contributed by atoms with E-state index in [4.69, 9.17) is 5.11 Å². The van der Waals surface area contributed by atoms with Crippen LogP contribution in [-0.4, -0.2) is 21.0 Å². The van der Waals surface area contributed by atoms with Crippen LogP contribution in [0, 0.1) is 5.92 Å². The molecule has 0 saturated heterocycles. The predicted octanol–water partition coefficient (Wildman–Crippen LogP) is 3.09. The minimum atomic E-state index is -0.761. The number of benzene rings is 1. The number of nitrogens with zero attached hydrogens (tertiary/aromatic N) is 2. The van der Waals surface area contributed by atoms with Crippen molar-refractivity contribution in [2.75, 3.05) is 0 Å². The van der Waals surface area contributed by atoms with Gasteiger partial charge in [0.05, 0.1) is 11.6 Å². The molecule has 0 radical (unpaired) electrons. The summed E-state index contributed by atoms with van der Waals surface area (Å²) >= 11 is 3.39. The lowest BCUT2D eigenvalue weighted by atomic mass is 10.1. The molecule has 0 bridgehead atoms. The van der Waals surface area contributed by atoms with Gasteiger partial charge in [-0.1, -0.05) is 28.1 Å². The van der Waals surface area contributed by atoms with Gasteiger partial charge in [-0.15, -0.1) is 0 Å². The summed E-state index contributed by atoms with van der Waals surface area (Å²) in [7, 11) is 0. The van der Waals surface area contributed by atoms with Crippen molar-refractivity contribution >= 4 is 21.9 Å². The van der Waals surface area contributed by atoms with Gasteiger partial charge in [0.1, 0.15) is 5.82 Å². The number of aromatic nitrogens is 2. The van der Waals surface area contributed by atoms with Gasteiger partial charge in [0.15, 0.2) is 0 Å². The van der Waals surface area contributed by atoms with Gasteiger partial charge in [-0.25, -0.2) is 9.97 Å². The maximum absolute atomic E-state index is 10.9. The monoisotopic (exact) mass is 318 g/mol. The summed E-state index contributed by atoms with van der Waals surface area (Å²) in [6.07, 6.45) is 2.33. The van der Waals surface area contributed by atoms with E-state index in [1.54, 1.807) is 6.20 Å². The Kier molecular flexibility index (Phi) is 3.06. The Hall–Kier alpha value is -1.75. The van der Waals surface area contributed by atoms with Crippen LogP contribution in [0.25, 0.3) is 11.3 Å². The number of carbonyl (C=O) groups is 1. The maximum Gasteiger partial charge on any atom is 0.307 e. The average Bonchev–Trinajstić information content (AvgIpc) is 3.20. The minimum Gasteiger partial charge on any atom is -0.481 e. The van der Waals surface area contributed by atoms with Gasteiger partial charge < -0.3 is 5.11 Å². The molecule has 1 heterocycles. The van der Waals surface area contributed by atoms with E-state index >= 15 is 0 Å². The molecule has 1 aliphatic rings. The van der Waals surface area contributed by atoms with Gasteiger partial charge in [-0.05, 0) is 24.6 Å². The van der Waals surface area contributed by atoms with E-state index < -0.39 is 5.97 Å². The standard InChI is InChI=1S/C14H11BrN2O2/c15-9-3-1-8(2-4-9)12-5-6-16-13(17-12)10-7-11(10)14(18)19/h1-6,10-11H,7H2,(H,18,19). The summed E-state index contributed by atoms with van der Waals surface area (Å²) < 4.78 is 1.01. The lowest BCUT2D eigenvalue weighted by Crippen LogP contribution is -2.02. The van der Waals surface area contributed by atoms with Crippen LogP contribution < -0.4 is 0 Å². The highest BCUT2D eigenvalue weighted by Gasteiger charge is 2.46. The van der Waals surface area contributed by atoms with Gasteiger partial charge in [0.25, 0.3) is 0 Å². The summed E-state index contributed by atoms with van der Waals surface area (Å²) in [6.45, 7) is 0. The van der Waals surface area contributed by atoms with Crippen LogP contribution in [0.3, 0.4) is 0 Å². The van der Waals surface area contributed by atoms with Crippen molar-refractivity contribution in [1.29, 1.82) is 0 Å². The van der Waals surface area contributed by atoms with Crippen LogP contribution in [0.5, 0.6) is 0 Å². The Bertz CT molecular complexity index is 628. The Balaban J connectivity index is 1.88. The molecule has 2 unspecified atom stereocenters. The Morgan fingerprint density at radius 2 is 2.00 bits per heavy atom. The number of hydrogen-bond acceptors (Lipinski definition) is 3. The molecule has 2 aromatic rings. The highest BCUT2D eigenvalue weighted by atomic mass is 79.9. The fourth-order valence-corrected chi connectivity index (χ4v) is 2.35. The van der Waals surface area contributed by atoms with E-state index in [2.05, 4.69) is 25.9 Å². The van der Waals surface area contributed by atoms with Crippen molar-refractivity contribution in [3.8, 4) is 11.3 Å². The second kappa shape index (κ2) is 4.74. The van der Waals surface area contributed by atoms with Crippen molar-refractivity contribution in [3.63, 3.8) is 0 Å². The molecule has 0 spiro atoms. The topological polar surface area (TPSA) is 63.1 Å². The number of carboxylic acids is 1. The zero-order chi connectivity index (χ0) is 13.4. The number of halogens is 1. The molecule has 5 heteroatoms. The van der Waals surface area contributed by atoms with Crippen molar-refractivity contribution < 1.29 is 9.90 Å². The molecule has 96 valence electrons. The van der Waals surface area contributed by atoms with Gasteiger partial charge in [-0.2, -0.15) is 0 Å². The van der Waals surface area contributed by atoms with Crippen molar-refractivity contribution in [3.05, 3.63) is 46.8 Å². The lowest BCUT2D eigenvalue weighted by Gasteiger charge is -2.03. The zero-order valence-electron chi connectivity index (χ0n) is 9.95. The molecule has 1 aromatic heterocycles. The molecule has 1 aliphatic carbocycles. The summed E-state index contributed by atoms with van der Waals surface area (Å²) in [5, 5.41) is 8.94. The fraction of sp³-hybridized carbons (Fsp3) is 0.214. The van der Waals surface area contributed by atoms with Crippen LogP contribution in [0.1, 0.15) is 18.2 Å². The zero-order valence-corrected chi connectivity index (χ0v) is 11.5. The first kappa shape index (κ1) is 12.3. The third-order valence-corrected chi connectivity index (χ3v) is 3.78. The van der Waals surface area contributed by atoms with Gasteiger partial charge in [0.2, 0.25) is 0 Å². The average molecular weight is 319 g/mol. The highest BCUT2D eigenvalue weighted by molar-refractivity contribution is 9.10. The highest BCUT2D eigenvalue weighted by Crippen LogP contribution is 2.46. The molecule has 1 N–H and O–H groups in total. The molecule has 1 saturated carbocycles. The number of hydrogen-bond donors (Lipinski definition) is 1. The van der Waals surface area contributed by atoms with Crippen LogP contribution in [0.15, 0.2) is 41.0 Å². The largest absolute Gasteiger partial charge is 0.481 e. The quantitative estimate of drug-likeness (QED) is 0.944. The fourth-order valence-electron chi connectivity index (χ4n) is 2.09. The Labute approximate surface area is 118 Å². The molecule has 1 fully saturated rings. The predicted molar refractivity (Wildman–Crippen MR) is 73.7 cm³/mol. The maximum atomic E-state index is 10.9. The van der Waals surface area contributed by atoms with E-state index in [0.717, 1.165) is 15.7 Å². The summed E-state index contributed by atoms with van der Waals surface area (Å²) in [4.78, 5) is 19.5. The van der Waals surface area contributed by atoms with E-state index in [-0.39, 0.29) is 11.8 Å². The first-order valence-electron chi connectivity index (χ1n) is 5.97. The minimum absolute atomic E-state index is 0.0344. The normalized spacial score (nSPS) is 21.1. The van der Waals surface area contributed by atoms with Crippen LogP contribution >= 0.6 is 15.9 Å².